The van der Waals surface area contributed by atoms with Crippen LogP contribution in [0.15, 0.2) is 23.3 Å². The lowest BCUT2D eigenvalue weighted by molar-refractivity contribution is -0.123. The largest absolute Gasteiger partial charge is 0.508 e. The van der Waals surface area contributed by atoms with Gasteiger partial charge in [0, 0.05) is 11.6 Å². The summed E-state index contributed by atoms with van der Waals surface area (Å²) in [4.78, 5) is 20.9. The number of phenols is 1. The number of carbonyl (C=O) groups excluding carboxylic acids is 2. The molecule has 0 aliphatic heterocycles. The molecule has 1 aromatic rings. The van der Waals surface area contributed by atoms with Gasteiger partial charge in [-0.2, -0.15) is 5.10 Å². The third-order valence-corrected chi connectivity index (χ3v) is 1.82. The highest BCUT2D eigenvalue weighted by atomic mass is 16.5. The molecule has 0 fully saturated rings. The van der Waals surface area contributed by atoms with E-state index in [1.54, 1.807) is 6.07 Å². The SMILES string of the molecule is COc1cc(O)cc(/C=N/NC(=O)CC=O)c1. The summed E-state index contributed by atoms with van der Waals surface area (Å²) in [6, 6.07) is 4.54. The highest BCUT2D eigenvalue weighted by Gasteiger charge is 1.99. The van der Waals surface area contributed by atoms with Crippen LogP contribution in [0.3, 0.4) is 0 Å². The van der Waals surface area contributed by atoms with E-state index in [9.17, 15) is 14.7 Å². The zero-order valence-electron chi connectivity index (χ0n) is 9.21. The number of aromatic hydroxyl groups is 1. The number of phenolic OH excluding ortho intramolecular Hbond substituents is 1. The molecular formula is C11H12N2O4. The Balaban J connectivity index is 2.67. The number of methoxy groups -OCH3 is 1. The Morgan fingerprint density at radius 1 is 1.53 bits per heavy atom. The average Bonchev–Trinajstić information content (AvgIpc) is 2.28. The van der Waals surface area contributed by atoms with Crippen molar-refractivity contribution in [1.29, 1.82) is 0 Å². The topological polar surface area (TPSA) is 88.0 Å². The first kappa shape index (κ1) is 12.7. The molecule has 2 N–H and O–H groups in total. The summed E-state index contributed by atoms with van der Waals surface area (Å²) in [5.74, 6) is 0.0130. The van der Waals surface area contributed by atoms with Gasteiger partial charge < -0.3 is 14.6 Å². The molecule has 1 amide bonds. The number of hydrazone groups is 1. The molecule has 1 aromatic carbocycles. The van der Waals surface area contributed by atoms with E-state index in [2.05, 4.69) is 10.5 Å². The molecule has 0 bridgehead atoms. The van der Waals surface area contributed by atoms with Gasteiger partial charge in [-0.05, 0) is 12.1 Å². The van der Waals surface area contributed by atoms with Crippen LogP contribution in [0.1, 0.15) is 12.0 Å². The van der Waals surface area contributed by atoms with Gasteiger partial charge in [0.2, 0.25) is 5.91 Å². The lowest BCUT2D eigenvalue weighted by Gasteiger charge is -2.02. The summed E-state index contributed by atoms with van der Waals surface area (Å²) in [7, 11) is 1.47. The van der Waals surface area contributed by atoms with E-state index in [1.165, 1.54) is 25.5 Å². The van der Waals surface area contributed by atoms with Crippen molar-refractivity contribution in [3.63, 3.8) is 0 Å². The number of nitrogens with one attached hydrogen (secondary N) is 1. The number of benzene rings is 1. The minimum absolute atomic E-state index is 0.0324. The van der Waals surface area contributed by atoms with E-state index in [0.29, 0.717) is 17.6 Å². The van der Waals surface area contributed by atoms with Crippen molar-refractivity contribution in [3.8, 4) is 11.5 Å². The van der Waals surface area contributed by atoms with Crippen LogP contribution in [0.5, 0.6) is 11.5 Å². The Hall–Kier alpha value is -2.37. The van der Waals surface area contributed by atoms with Gasteiger partial charge in [-0.3, -0.25) is 4.79 Å². The second-order valence-electron chi connectivity index (χ2n) is 3.13. The van der Waals surface area contributed by atoms with E-state index in [1.807, 2.05) is 0 Å². The van der Waals surface area contributed by atoms with Crippen LogP contribution in [0.25, 0.3) is 0 Å². The second-order valence-corrected chi connectivity index (χ2v) is 3.13. The minimum atomic E-state index is -0.497. The molecular weight excluding hydrogens is 224 g/mol. The third-order valence-electron chi connectivity index (χ3n) is 1.82. The number of amides is 1. The number of hydrogen-bond acceptors (Lipinski definition) is 5. The lowest BCUT2D eigenvalue weighted by Crippen LogP contribution is -2.17. The average molecular weight is 236 g/mol. The van der Waals surface area contributed by atoms with Crippen molar-refractivity contribution < 1.29 is 19.4 Å². The summed E-state index contributed by atoms with van der Waals surface area (Å²) in [5.41, 5.74) is 2.73. The monoisotopic (exact) mass is 236 g/mol. The normalized spacial score (nSPS) is 10.2. The molecule has 0 spiro atoms. The summed E-state index contributed by atoms with van der Waals surface area (Å²) in [6.07, 6.45) is 1.59. The molecule has 0 heterocycles. The maximum Gasteiger partial charge on any atom is 0.247 e. The molecule has 0 aromatic heterocycles. The van der Waals surface area contributed by atoms with Crippen molar-refractivity contribution in [2.24, 2.45) is 5.10 Å². The van der Waals surface area contributed by atoms with Gasteiger partial charge in [-0.1, -0.05) is 0 Å². The minimum Gasteiger partial charge on any atom is -0.508 e. The number of aldehydes is 1. The van der Waals surface area contributed by atoms with Crippen molar-refractivity contribution in [2.75, 3.05) is 7.11 Å². The highest BCUT2D eigenvalue weighted by Crippen LogP contribution is 2.20. The molecule has 90 valence electrons. The fraction of sp³-hybridized carbons (Fsp3) is 0.182. The van der Waals surface area contributed by atoms with Gasteiger partial charge in [0.15, 0.2) is 0 Å². The Labute approximate surface area is 97.9 Å². The first-order valence-electron chi connectivity index (χ1n) is 4.79. The molecule has 0 saturated carbocycles. The maximum atomic E-state index is 10.9. The van der Waals surface area contributed by atoms with Crippen LogP contribution < -0.4 is 10.2 Å². The van der Waals surface area contributed by atoms with Crippen LogP contribution in [0, 0.1) is 0 Å². The number of rotatable bonds is 5. The fourth-order valence-corrected chi connectivity index (χ4v) is 1.10. The summed E-state index contributed by atoms with van der Waals surface area (Å²) >= 11 is 0. The molecule has 6 nitrogen and oxygen atoms in total. The Morgan fingerprint density at radius 3 is 2.94 bits per heavy atom. The lowest BCUT2D eigenvalue weighted by atomic mass is 10.2. The number of hydrogen-bond donors (Lipinski definition) is 2. The van der Waals surface area contributed by atoms with E-state index >= 15 is 0 Å². The quantitative estimate of drug-likeness (QED) is 0.336. The van der Waals surface area contributed by atoms with E-state index in [-0.39, 0.29) is 12.2 Å². The maximum absolute atomic E-state index is 10.9. The van der Waals surface area contributed by atoms with Gasteiger partial charge in [-0.25, -0.2) is 5.43 Å². The number of carbonyl (C=O) groups is 2. The van der Waals surface area contributed by atoms with E-state index in [4.69, 9.17) is 4.74 Å². The van der Waals surface area contributed by atoms with Crippen molar-refractivity contribution >= 4 is 18.4 Å². The fourth-order valence-electron chi connectivity index (χ4n) is 1.10. The van der Waals surface area contributed by atoms with Crippen LogP contribution in [0.2, 0.25) is 0 Å². The standard InChI is InChI=1S/C11H12N2O4/c1-17-10-5-8(4-9(15)6-10)7-12-13-11(16)2-3-14/h3-7,15H,2H2,1H3,(H,13,16)/b12-7+. The molecule has 0 saturated heterocycles. The Morgan fingerprint density at radius 2 is 2.29 bits per heavy atom. The van der Waals surface area contributed by atoms with Crippen molar-refractivity contribution in [3.05, 3.63) is 23.8 Å². The molecule has 17 heavy (non-hydrogen) atoms. The van der Waals surface area contributed by atoms with Gasteiger partial charge in [0.1, 0.15) is 17.8 Å². The van der Waals surface area contributed by atoms with Gasteiger partial charge in [0.05, 0.1) is 19.7 Å². The second kappa shape index (κ2) is 6.26. The predicted molar refractivity (Wildman–Crippen MR) is 61.1 cm³/mol. The van der Waals surface area contributed by atoms with Crippen LogP contribution in [-0.2, 0) is 9.59 Å². The Kier molecular flexibility index (Phi) is 4.68. The zero-order valence-corrected chi connectivity index (χ0v) is 9.21. The van der Waals surface area contributed by atoms with Crippen LogP contribution in [0.4, 0.5) is 0 Å². The van der Waals surface area contributed by atoms with E-state index < -0.39 is 5.91 Å². The van der Waals surface area contributed by atoms with Gasteiger partial charge >= 0.3 is 0 Å². The van der Waals surface area contributed by atoms with Crippen LogP contribution >= 0.6 is 0 Å². The number of ether oxygens (including phenoxy) is 1. The van der Waals surface area contributed by atoms with Gasteiger partial charge in [-0.15, -0.1) is 0 Å². The number of nitrogens with zero attached hydrogens (tertiary/aromatic N) is 1. The zero-order chi connectivity index (χ0) is 12.7. The summed E-state index contributed by atoms with van der Waals surface area (Å²) < 4.78 is 4.95. The predicted octanol–water partition coefficient (Wildman–Crippen LogP) is 0.440. The molecule has 0 aliphatic rings. The van der Waals surface area contributed by atoms with Crippen molar-refractivity contribution in [2.45, 2.75) is 6.42 Å². The first-order chi connectivity index (χ1) is 8.15. The highest BCUT2D eigenvalue weighted by molar-refractivity contribution is 5.89. The molecule has 0 unspecified atom stereocenters. The van der Waals surface area contributed by atoms with Crippen LogP contribution in [-0.4, -0.2) is 30.6 Å². The van der Waals surface area contributed by atoms with E-state index in [0.717, 1.165) is 0 Å². The molecule has 0 atom stereocenters. The smallest absolute Gasteiger partial charge is 0.247 e. The molecule has 0 radical (unpaired) electrons. The molecule has 1 rings (SSSR count). The van der Waals surface area contributed by atoms with Crippen molar-refractivity contribution in [1.82, 2.24) is 5.43 Å². The summed E-state index contributed by atoms with van der Waals surface area (Å²) in [6.45, 7) is 0. The first-order valence-corrected chi connectivity index (χ1v) is 4.79. The summed E-state index contributed by atoms with van der Waals surface area (Å²) in [5, 5.41) is 13.0. The Bertz CT molecular complexity index is 443. The molecule has 0 aliphatic carbocycles. The molecule has 6 heteroatoms. The van der Waals surface area contributed by atoms with Gasteiger partial charge in [0.25, 0.3) is 0 Å². The third kappa shape index (κ3) is 4.33.